The third kappa shape index (κ3) is 1.51. The van der Waals surface area contributed by atoms with Crippen molar-refractivity contribution < 1.29 is 9.90 Å². The first-order valence-electron chi connectivity index (χ1n) is 4.80. The molecule has 1 aliphatic rings. The Labute approximate surface area is 82.5 Å². The molecular weight excluding hydrogens is 178 g/mol. The van der Waals surface area contributed by atoms with Gasteiger partial charge in [0.2, 0.25) is 0 Å². The third-order valence-corrected chi connectivity index (χ3v) is 2.75. The van der Waals surface area contributed by atoms with Crippen LogP contribution in [0.5, 0.6) is 0 Å². The van der Waals surface area contributed by atoms with Gasteiger partial charge in [0.05, 0.1) is 5.56 Å². The SMILES string of the molecule is NC1CCCc2cc(C(=O)O)ccc21. The lowest BCUT2D eigenvalue weighted by molar-refractivity contribution is 0.0696. The number of aryl methyl sites for hydroxylation is 1. The molecule has 1 aliphatic carbocycles. The molecule has 0 aromatic heterocycles. The summed E-state index contributed by atoms with van der Waals surface area (Å²) in [6.45, 7) is 0. The number of carboxylic acids is 1. The first-order chi connectivity index (χ1) is 6.68. The van der Waals surface area contributed by atoms with Crippen molar-refractivity contribution >= 4 is 5.97 Å². The Morgan fingerprint density at radius 1 is 1.50 bits per heavy atom. The fourth-order valence-electron chi connectivity index (χ4n) is 1.98. The smallest absolute Gasteiger partial charge is 0.335 e. The summed E-state index contributed by atoms with van der Waals surface area (Å²) in [5.41, 5.74) is 8.50. The van der Waals surface area contributed by atoms with Gasteiger partial charge in [-0.25, -0.2) is 4.79 Å². The lowest BCUT2D eigenvalue weighted by Gasteiger charge is -2.22. The maximum atomic E-state index is 10.7. The number of hydrogen-bond donors (Lipinski definition) is 2. The van der Waals surface area contributed by atoms with Gasteiger partial charge in [-0.2, -0.15) is 0 Å². The van der Waals surface area contributed by atoms with Crippen LogP contribution in [0.3, 0.4) is 0 Å². The molecule has 3 N–H and O–H groups in total. The molecule has 14 heavy (non-hydrogen) atoms. The van der Waals surface area contributed by atoms with Crippen LogP contribution in [0.25, 0.3) is 0 Å². The predicted molar refractivity (Wildman–Crippen MR) is 53.3 cm³/mol. The highest BCUT2D eigenvalue weighted by atomic mass is 16.4. The molecule has 0 spiro atoms. The summed E-state index contributed by atoms with van der Waals surface area (Å²) < 4.78 is 0. The molecule has 2 rings (SSSR count). The van der Waals surface area contributed by atoms with Gasteiger partial charge in [-0.3, -0.25) is 0 Å². The van der Waals surface area contributed by atoms with E-state index in [-0.39, 0.29) is 6.04 Å². The largest absolute Gasteiger partial charge is 0.478 e. The molecule has 3 heteroatoms. The molecule has 0 heterocycles. The number of hydrogen-bond acceptors (Lipinski definition) is 2. The molecule has 1 atom stereocenters. The zero-order valence-electron chi connectivity index (χ0n) is 7.86. The van der Waals surface area contributed by atoms with E-state index in [2.05, 4.69) is 0 Å². The number of carboxylic acid groups (broad SMARTS) is 1. The van der Waals surface area contributed by atoms with E-state index in [4.69, 9.17) is 10.8 Å². The highest BCUT2D eigenvalue weighted by molar-refractivity contribution is 5.87. The van der Waals surface area contributed by atoms with Crippen molar-refractivity contribution in [2.75, 3.05) is 0 Å². The van der Waals surface area contributed by atoms with Gasteiger partial charge in [0.15, 0.2) is 0 Å². The van der Waals surface area contributed by atoms with Crippen molar-refractivity contribution in [2.24, 2.45) is 5.73 Å². The fraction of sp³-hybridized carbons (Fsp3) is 0.364. The van der Waals surface area contributed by atoms with E-state index in [1.807, 2.05) is 6.07 Å². The Morgan fingerprint density at radius 3 is 3.00 bits per heavy atom. The van der Waals surface area contributed by atoms with Crippen LogP contribution in [0.4, 0.5) is 0 Å². The van der Waals surface area contributed by atoms with E-state index in [0.29, 0.717) is 5.56 Å². The monoisotopic (exact) mass is 191 g/mol. The second-order valence-electron chi connectivity index (χ2n) is 3.72. The van der Waals surface area contributed by atoms with Gasteiger partial charge in [-0.05, 0) is 42.5 Å². The Kier molecular flexibility index (Phi) is 2.25. The van der Waals surface area contributed by atoms with Crippen LogP contribution in [0, 0.1) is 0 Å². The summed E-state index contributed by atoms with van der Waals surface area (Å²) in [5, 5.41) is 8.82. The van der Waals surface area contributed by atoms with Crippen LogP contribution in [0.2, 0.25) is 0 Å². The summed E-state index contributed by atoms with van der Waals surface area (Å²) >= 11 is 0. The molecule has 1 aromatic carbocycles. The first-order valence-corrected chi connectivity index (χ1v) is 4.80. The number of rotatable bonds is 1. The maximum Gasteiger partial charge on any atom is 0.335 e. The molecule has 0 fully saturated rings. The molecule has 0 aliphatic heterocycles. The van der Waals surface area contributed by atoms with Crippen molar-refractivity contribution in [2.45, 2.75) is 25.3 Å². The molecule has 0 bridgehead atoms. The summed E-state index contributed by atoms with van der Waals surface area (Å²) in [6.07, 6.45) is 3.00. The summed E-state index contributed by atoms with van der Waals surface area (Å²) in [5.74, 6) is -0.869. The van der Waals surface area contributed by atoms with E-state index in [9.17, 15) is 4.79 Å². The molecular formula is C11H13NO2. The zero-order valence-corrected chi connectivity index (χ0v) is 7.86. The van der Waals surface area contributed by atoms with Crippen molar-refractivity contribution in [3.05, 3.63) is 34.9 Å². The van der Waals surface area contributed by atoms with E-state index in [0.717, 1.165) is 30.4 Å². The van der Waals surface area contributed by atoms with E-state index in [1.165, 1.54) is 0 Å². The van der Waals surface area contributed by atoms with Gasteiger partial charge in [0.1, 0.15) is 0 Å². The summed E-state index contributed by atoms with van der Waals surface area (Å²) in [6, 6.07) is 5.31. The average Bonchev–Trinajstić information content (AvgIpc) is 2.17. The highest BCUT2D eigenvalue weighted by Crippen LogP contribution is 2.28. The molecule has 74 valence electrons. The molecule has 0 saturated carbocycles. The average molecular weight is 191 g/mol. The maximum absolute atomic E-state index is 10.7. The van der Waals surface area contributed by atoms with Gasteiger partial charge >= 0.3 is 5.97 Å². The molecule has 0 saturated heterocycles. The topological polar surface area (TPSA) is 63.3 Å². The van der Waals surface area contributed by atoms with Gasteiger partial charge in [-0.15, -0.1) is 0 Å². The van der Waals surface area contributed by atoms with Crippen molar-refractivity contribution in [3.8, 4) is 0 Å². The Bertz CT molecular complexity index is 374. The van der Waals surface area contributed by atoms with Crippen molar-refractivity contribution in [3.63, 3.8) is 0 Å². The number of aromatic carboxylic acids is 1. The molecule has 0 radical (unpaired) electrons. The van der Waals surface area contributed by atoms with Crippen LogP contribution < -0.4 is 5.73 Å². The minimum atomic E-state index is -0.869. The van der Waals surface area contributed by atoms with Crippen LogP contribution in [-0.2, 0) is 6.42 Å². The molecule has 1 unspecified atom stereocenters. The van der Waals surface area contributed by atoms with Gasteiger partial charge in [0.25, 0.3) is 0 Å². The van der Waals surface area contributed by atoms with Crippen LogP contribution >= 0.6 is 0 Å². The van der Waals surface area contributed by atoms with Gasteiger partial charge in [0, 0.05) is 6.04 Å². The number of carbonyl (C=O) groups is 1. The number of benzene rings is 1. The molecule has 0 amide bonds. The van der Waals surface area contributed by atoms with Crippen LogP contribution in [0.1, 0.15) is 40.4 Å². The normalized spacial score (nSPS) is 20.2. The summed E-state index contributed by atoms with van der Waals surface area (Å²) in [7, 11) is 0. The minimum Gasteiger partial charge on any atom is -0.478 e. The Morgan fingerprint density at radius 2 is 2.29 bits per heavy atom. The van der Waals surface area contributed by atoms with E-state index >= 15 is 0 Å². The predicted octanol–water partition coefficient (Wildman–Crippen LogP) is 1.72. The number of nitrogens with two attached hydrogens (primary N) is 1. The fourth-order valence-corrected chi connectivity index (χ4v) is 1.98. The van der Waals surface area contributed by atoms with E-state index in [1.54, 1.807) is 12.1 Å². The number of fused-ring (bicyclic) bond motifs is 1. The minimum absolute atomic E-state index is 0.0848. The summed E-state index contributed by atoms with van der Waals surface area (Å²) in [4.78, 5) is 10.7. The standard InChI is InChI=1S/C11H13NO2/c12-10-3-1-2-7-6-8(11(13)14)4-5-9(7)10/h4-6,10H,1-3,12H2,(H,13,14). The van der Waals surface area contributed by atoms with Gasteiger partial charge in [-0.1, -0.05) is 6.07 Å². The van der Waals surface area contributed by atoms with Crippen LogP contribution in [0.15, 0.2) is 18.2 Å². The van der Waals surface area contributed by atoms with Crippen molar-refractivity contribution in [1.29, 1.82) is 0 Å². The second kappa shape index (κ2) is 3.42. The van der Waals surface area contributed by atoms with Crippen molar-refractivity contribution in [1.82, 2.24) is 0 Å². The second-order valence-corrected chi connectivity index (χ2v) is 3.72. The Balaban J connectivity index is 2.44. The lowest BCUT2D eigenvalue weighted by Crippen LogP contribution is -2.17. The van der Waals surface area contributed by atoms with Gasteiger partial charge < -0.3 is 10.8 Å². The Hall–Kier alpha value is -1.35. The van der Waals surface area contributed by atoms with Crippen LogP contribution in [-0.4, -0.2) is 11.1 Å². The first kappa shape index (κ1) is 9.21. The lowest BCUT2D eigenvalue weighted by atomic mass is 9.87. The molecule has 3 nitrogen and oxygen atoms in total. The quantitative estimate of drug-likeness (QED) is 0.710. The third-order valence-electron chi connectivity index (χ3n) is 2.75. The zero-order chi connectivity index (χ0) is 10.1. The van der Waals surface area contributed by atoms with E-state index < -0.39 is 5.97 Å². The molecule has 1 aromatic rings. The highest BCUT2D eigenvalue weighted by Gasteiger charge is 2.17.